The maximum absolute atomic E-state index is 10.8. The van der Waals surface area contributed by atoms with E-state index in [0.29, 0.717) is 11.6 Å². The van der Waals surface area contributed by atoms with E-state index in [1.165, 1.54) is 0 Å². The van der Waals surface area contributed by atoms with Crippen LogP contribution in [0.4, 0.5) is 0 Å². The molecule has 1 aliphatic rings. The standard InChI is InChI=1S/C19H22N6O2/c26-19(27)11-15-10-18(22-20-15)14-6-8-24(9-7-14)12-16-13-25(23-21-16)17-4-2-1-3-5-17/h1-5,10,13-14H,6-9,11-12H2,(H,20,22)(H,26,27). The zero-order valence-electron chi connectivity index (χ0n) is 15.0. The molecule has 0 radical (unpaired) electrons. The molecule has 1 saturated heterocycles. The zero-order chi connectivity index (χ0) is 18.6. The van der Waals surface area contributed by atoms with E-state index in [4.69, 9.17) is 5.11 Å². The molecule has 2 aromatic heterocycles. The van der Waals surface area contributed by atoms with Crippen LogP contribution in [0, 0.1) is 0 Å². The fourth-order valence-electron chi connectivity index (χ4n) is 3.54. The summed E-state index contributed by atoms with van der Waals surface area (Å²) >= 11 is 0. The number of likely N-dealkylation sites (tertiary alicyclic amines) is 1. The van der Waals surface area contributed by atoms with Crippen molar-refractivity contribution in [2.45, 2.75) is 31.7 Å². The third kappa shape index (κ3) is 4.22. The van der Waals surface area contributed by atoms with Crippen molar-refractivity contribution in [2.75, 3.05) is 13.1 Å². The van der Waals surface area contributed by atoms with Crippen molar-refractivity contribution in [1.29, 1.82) is 0 Å². The van der Waals surface area contributed by atoms with E-state index < -0.39 is 5.97 Å². The molecule has 1 aliphatic heterocycles. The zero-order valence-corrected chi connectivity index (χ0v) is 15.0. The topological polar surface area (TPSA) is 99.9 Å². The number of nitrogens with one attached hydrogen (secondary N) is 1. The van der Waals surface area contributed by atoms with E-state index >= 15 is 0 Å². The fraction of sp³-hybridized carbons (Fsp3) is 0.368. The van der Waals surface area contributed by atoms with Crippen molar-refractivity contribution < 1.29 is 9.90 Å². The number of carboxylic acids is 1. The van der Waals surface area contributed by atoms with Crippen LogP contribution in [0.5, 0.6) is 0 Å². The molecule has 140 valence electrons. The Morgan fingerprint density at radius 2 is 2.00 bits per heavy atom. The van der Waals surface area contributed by atoms with Crippen LogP contribution in [-0.2, 0) is 17.8 Å². The van der Waals surface area contributed by atoms with Crippen LogP contribution < -0.4 is 0 Å². The van der Waals surface area contributed by atoms with E-state index in [-0.39, 0.29) is 6.42 Å². The Hall–Kier alpha value is -3.00. The lowest BCUT2D eigenvalue weighted by atomic mass is 9.93. The predicted molar refractivity (Wildman–Crippen MR) is 98.5 cm³/mol. The maximum Gasteiger partial charge on any atom is 0.309 e. The van der Waals surface area contributed by atoms with Crippen molar-refractivity contribution in [1.82, 2.24) is 30.1 Å². The van der Waals surface area contributed by atoms with Crippen molar-refractivity contribution >= 4 is 5.97 Å². The van der Waals surface area contributed by atoms with Crippen LogP contribution in [0.1, 0.15) is 35.8 Å². The first-order valence-corrected chi connectivity index (χ1v) is 9.12. The normalized spacial score (nSPS) is 15.9. The molecule has 0 amide bonds. The van der Waals surface area contributed by atoms with Crippen LogP contribution in [-0.4, -0.2) is 54.3 Å². The van der Waals surface area contributed by atoms with Gasteiger partial charge in [0.2, 0.25) is 0 Å². The Bertz CT molecular complexity index is 896. The number of carboxylic acid groups (broad SMARTS) is 1. The molecule has 0 unspecified atom stereocenters. The summed E-state index contributed by atoms with van der Waals surface area (Å²) in [7, 11) is 0. The molecule has 1 fully saturated rings. The molecule has 0 bridgehead atoms. The fourth-order valence-corrected chi connectivity index (χ4v) is 3.54. The summed E-state index contributed by atoms with van der Waals surface area (Å²) in [5.41, 5.74) is 3.60. The highest BCUT2D eigenvalue weighted by Crippen LogP contribution is 2.27. The van der Waals surface area contributed by atoms with Gasteiger partial charge in [-0.25, -0.2) is 4.68 Å². The average Bonchev–Trinajstić information content (AvgIpc) is 3.32. The molecule has 8 nitrogen and oxygen atoms in total. The minimum atomic E-state index is -0.844. The summed E-state index contributed by atoms with van der Waals surface area (Å²) in [5.74, 6) is -0.469. The van der Waals surface area contributed by atoms with Gasteiger partial charge in [0.1, 0.15) is 0 Å². The van der Waals surface area contributed by atoms with Gasteiger partial charge in [0.15, 0.2) is 0 Å². The van der Waals surface area contributed by atoms with E-state index in [2.05, 4.69) is 25.4 Å². The summed E-state index contributed by atoms with van der Waals surface area (Å²) in [6.45, 7) is 2.71. The highest BCUT2D eigenvalue weighted by atomic mass is 16.4. The number of nitrogens with zero attached hydrogens (tertiary/aromatic N) is 5. The molecule has 27 heavy (non-hydrogen) atoms. The third-order valence-corrected chi connectivity index (χ3v) is 4.95. The van der Waals surface area contributed by atoms with Crippen molar-refractivity contribution in [3.8, 4) is 5.69 Å². The van der Waals surface area contributed by atoms with E-state index in [0.717, 1.165) is 49.6 Å². The Kier molecular flexibility index (Phi) is 4.97. The van der Waals surface area contributed by atoms with Gasteiger partial charge in [-0.3, -0.25) is 14.8 Å². The van der Waals surface area contributed by atoms with Gasteiger partial charge < -0.3 is 5.11 Å². The van der Waals surface area contributed by atoms with Crippen LogP contribution in [0.25, 0.3) is 5.69 Å². The lowest BCUT2D eigenvalue weighted by molar-refractivity contribution is -0.136. The number of carbonyl (C=O) groups is 1. The Balaban J connectivity index is 1.31. The third-order valence-electron chi connectivity index (χ3n) is 4.95. The van der Waals surface area contributed by atoms with Crippen molar-refractivity contribution in [3.63, 3.8) is 0 Å². The van der Waals surface area contributed by atoms with Crippen LogP contribution in [0.15, 0.2) is 42.6 Å². The minimum Gasteiger partial charge on any atom is -0.481 e. The summed E-state index contributed by atoms with van der Waals surface area (Å²) in [4.78, 5) is 13.2. The highest BCUT2D eigenvalue weighted by Gasteiger charge is 2.23. The Labute approximate surface area is 156 Å². The second-order valence-corrected chi connectivity index (χ2v) is 6.93. The number of benzene rings is 1. The number of rotatable bonds is 6. The lowest BCUT2D eigenvalue weighted by Crippen LogP contribution is -2.32. The predicted octanol–water partition coefficient (Wildman–Crippen LogP) is 2.00. The molecule has 0 atom stereocenters. The molecular weight excluding hydrogens is 344 g/mol. The highest BCUT2D eigenvalue weighted by molar-refractivity contribution is 5.69. The molecule has 3 heterocycles. The number of aromatic amines is 1. The first-order chi connectivity index (χ1) is 13.2. The van der Waals surface area contributed by atoms with Crippen molar-refractivity contribution in [2.24, 2.45) is 0 Å². The number of H-pyrrole nitrogens is 1. The molecule has 4 rings (SSSR count). The lowest BCUT2D eigenvalue weighted by Gasteiger charge is -2.30. The van der Waals surface area contributed by atoms with Gasteiger partial charge in [-0.2, -0.15) is 5.10 Å². The number of hydrogen-bond acceptors (Lipinski definition) is 5. The first-order valence-electron chi connectivity index (χ1n) is 9.12. The van der Waals surface area contributed by atoms with E-state index in [1.807, 2.05) is 42.6 Å². The Morgan fingerprint density at radius 3 is 2.74 bits per heavy atom. The second kappa shape index (κ2) is 7.71. The number of aliphatic carboxylic acids is 1. The largest absolute Gasteiger partial charge is 0.481 e. The smallest absolute Gasteiger partial charge is 0.309 e. The number of piperidine rings is 1. The van der Waals surface area contributed by atoms with Gasteiger partial charge in [-0.15, -0.1) is 5.10 Å². The average molecular weight is 366 g/mol. The van der Waals surface area contributed by atoms with Gasteiger partial charge in [-0.05, 0) is 44.1 Å². The van der Waals surface area contributed by atoms with Gasteiger partial charge in [0.05, 0.1) is 29.7 Å². The molecular formula is C19H22N6O2. The van der Waals surface area contributed by atoms with Crippen LogP contribution in [0.3, 0.4) is 0 Å². The van der Waals surface area contributed by atoms with E-state index in [9.17, 15) is 4.79 Å². The number of aromatic nitrogens is 5. The van der Waals surface area contributed by atoms with Crippen molar-refractivity contribution in [3.05, 3.63) is 59.7 Å². The number of para-hydroxylation sites is 1. The molecule has 3 aromatic rings. The molecule has 2 N–H and O–H groups in total. The van der Waals surface area contributed by atoms with E-state index in [1.54, 1.807) is 4.68 Å². The summed E-state index contributed by atoms with van der Waals surface area (Å²) in [5, 5.41) is 24.5. The first kappa shape index (κ1) is 17.4. The summed E-state index contributed by atoms with van der Waals surface area (Å²) in [6.07, 6.45) is 3.98. The SMILES string of the molecule is O=C(O)Cc1cc(C2CCN(Cc3cn(-c4ccccc4)nn3)CC2)n[nH]1. The second-order valence-electron chi connectivity index (χ2n) is 6.93. The van der Waals surface area contributed by atoms with Gasteiger partial charge in [0, 0.05) is 18.2 Å². The van der Waals surface area contributed by atoms with Gasteiger partial charge >= 0.3 is 5.97 Å². The Morgan fingerprint density at radius 1 is 1.22 bits per heavy atom. The van der Waals surface area contributed by atoms with Gasteiger partial charge in [-0.1, -0.05) is 23.4 Å². The quantitative estimate of drug-likeness (QED) is 0.692. The van der Waals surface area contributed by atoms with Crippen LogP contribution >= 0.6 is 0 Å². The monoisotopic (exact) mass is 366 g/mol. The molecule has 0 saturated carbocycles. The molecule has 8 heteroatoms. The molecule has 0 spiro atoms. The maximum atomic E-state index is 10.8. The molecule has 1 aromatic carbocycles. The van der Waals surface area contributed by atoms with Crippen LogP contribution in [0.2, 0.25) is 0 Å². The number of hydrogen-bond donors (Lipinski definition) is 2. The minimum absolute atomic E-state index is 0.0110. The molecule has 0 aliphatic carbocycles. The van der Waals surface area contributed by atoms with Gasteiger partial charge in [0.25, 0.3) is 0 Å². The summed E-state index contributed by atoms with van der Waals surface area (Å²) in [6, 6.07) is 11.9. The summed E-state index contributed by atoms with van der Waals surface area (Å²) < 4.78 is 1.80.